The summed E-state index contributed by atoms with van der Waals surface area (Å²) in [6, 6.07) is 4.07. The number of morpholine rings is 1. The van der Waals surface area contributed by atoms with Crippen molar-refractivity contribution in [3.05, 3.63) is 46.9 Å². The van der Waals surface area contributed by atoms with Crippen LogP contribution in [0.15, 0.2) is 29.5 Å². The van der Waals surface area contributed by atoms with Gasteiger partial charge in [0, 0.05) is 37.1 Å². The van der Waals surface area contributed by atoms with Gasteiger partial charge in [-0.05, 0) is 31.5 Å². The quantitative estimate of drug-likeness (QED) is 0.830. The summed E-state index contributed by atoms with van der Waals surface area (Å²) in [6.07, 6.45) is 3.75. The van der Waals surface area contributed by atoms with E-state index in [0.29, 0.717) is 44.4 Å². The summed E-state index contributed by atoms with van der Waals surface area (Å²) in [6.45, 7) is 7.17. The van der Waals surface area contributed by atoms with Gasteiger partial charge in [-0.25, -0.2) is 4.98 Å². The molecule has 1 saturated heterocycles. The van der Waals surface area contributed by atoms with Crippen molar-refractivity contribution in [3.63, 3.8) is 0 Å². The average molecular weight is 368 g/mol. The maximum atomic E-state index is 13.1. The molecule has 0 N–H and O–H groups in total. The summed E-state index contributed by atoms with van der Waals surface area (Å²) in [4.78, 5) is 24.0. The van der Waals surface area contributed by atoms with Crippen molar-refractivity contribution in [2.24, 2.45) is 4.99 Å². The lowest BCUT2D eigenvalue weighted by Gasteiger charge is -2.27. The molecule has 0 saturated carbocycles. The van der Waals surface area contributed by atoms with Gasteiger partial charge in [-0.2, -0.15) is 0 Å². The number of hydrogen-bond donors (Lipinski definition) is 0. The zero-order valence-electron chi connectivity index (χ0n) is 15.9. The summed E-state index contributed by atoms with van der Waals surface area (Å²) >= 11 is 0. The Balaban J connectivity index is 1.74. The molecule has 7 nitrogen and oxygen atoms in total. The van der Waals surface area contributed by atoms with Gasteiger partial charge in [0.25, 0.3) is 5.91 Å². The fourth-order valence-electron chi connectivity index (χ4n) is 3.63. The second-order valence-corrected chi connectivity index (χ2v) is 7.04. The van der Waals surface area contributed by atoms with Crippen LogP contribution in [0, 0.1) is 0 Å². The lowest BCUT2D eigenvalue weighted by atomic mass is 10.0. The molecule has 4 rings (SSSR count). The minimum absolute atomic E-state index is 0.0372. The van der Waals surface area contributed by atoms with Crippen LogP contribution in [-0.4, -0.2) is 59.5 Å². The molecule has 27 heavy (non-hydrogen) atoms. The summed E-state index contributed by atoms with van der Waals surface area (Å²) in [7, 11) is 1.62. The number of methoxy groups -OCH3 is 1. The van der Waals surface area contributed by atoms with Crippen LogP contribution >= 0.6 is 0 Å². The Kier molecular flexibility index (Phi) is 4.70. The van der Waals surface area contributed by atoms with E-state index in [1.807, 2.05) is 27.8 Å². The molecule has 2 aliphatic rings. The molecule has 0 unspecified atom stereocenters. The molecule has 2 aromatic rings. The fraction of sp³-hybridized carbons (Fsp3) is 0.450. The molecule has 1 fully saturated rings. The molecule has 2 aliphatic heterocycles. The Labute approximate surface area is 158 Å². The molecule has 0 aromatic carbocycles. The summed E-state index contributed by atoms with van der Waals surface area (Å²) in [5, 5.41) is 0. The molecule has 4 heterocycles. The Morgan fingerprint density at radius 2 is 2.07 bits per heavy atom. The number of aromatic nitrogens is 2. The SMILES string of the molecule is COc1nccc2c1C(c1cc(C(=O)N3CCOCC3)n(C(C)C)c1)=NC2. The highest BCUT2D eigenvalue weighted by atomic mass is 16.5. The Bertz CT molecular complexity index is 895. The Hall–Kier alpha value is -2.67. The molecule has 142 valence electrons. The van der Waals surface area contributed by atoms with Crippen molar-refractivity contribution >= 4 is 11.6 Å². The predicted molar refractivity (Wildman–Crippen MR) is 102 cm³/mol. The summed E-state index contributed by atoms with van der Waals surface area (Å²) < 4.78 is 12.8. The highest BCUT2D eigenvalue weighted by molar-refractivity contribution is 6.17. The van der Waals surface area contributed by atoms with Gasteiger partial charge >= 0.3 is 0 Å². The van der Waals surface area contributed by atoms with Crippen molar-refractivity contribution in [1.29, 1.82) is 0 Å². The number of hydrogen-bond acceptors (Lipinski definition) is 5. The van der Waals surface area contributed by atoms with E-state index < -0.39 is 0 Å². The van der Waals surface area contributed by atoms with Crippen molar-refractivity contribution in [1.82, 2.24) is 14.5 Å². The molecule has 0 aliphatic carbocycles. The van der Waals surface area contributed by atoms with Crippen LogP contribution in [0.5, 0.6) is 5.88 Å². The van der Waals surface area contributed by atoms with Crippen molar-refractivity contribution in [2.45, 2.75) is 26.4 Å². The molecule has 0 bridgehead atoms. The number of nitrogens with zero attached hydrogens (tertiary/aromatic N) is 4. The van der Waals surface area contributed by atoms with Gasteiger partial charge in [0.2, 0.25) is 5.88 Å². The first kappa shape index (κ1) is 17.7. The standard InChI is InChI=1S/C20H24N4O3/c1-13(2)24-12-15(10-16(24)20(25)23-6-8-27-9-7-23)18-17-14(11-22-18)4-5-21-19(17)26-3/h4-5,10,12-13H,6-9,11H2,1-3H3. The average Bonchev–Trinajstić information content (AvgIpc) is 3.32. The van der Waals surface area contributed by atoms with Crippen LogP contribution in [0.25, 0.3) is 0 Å². The first-order chi connectivity index (χ1) is 13.1. The number of carbonyl (C=O) groups is 1. The topological polar surface area (TPSA) is 68.9 Å². The first-order valence-corrected chi connectivity index (χ1v) is 9.26. The van der Waals surface area contributed by atoms with Gasteiger partial charge in [-0.3, -0.25) is 9.79 Å². The van der Waals surface area contributed by atoms with E-state index in [-0.39, 0.29) is 11.9 Å². The lowest BCUT2D eigenvalue weighted by molar-refractivity contribution is 0.0295. The van der Waals surface area contributed by atoms with Crippen LogP contribution in [0.2, 0.25) is 0 Å². The second-order valence-electron chi connectivity index (χ2n) is 7.04. The second kappa shape index (κ2) is 7.15. The van der Waals surface area contributed by atoms with Crippen LogP contribution in [-0.2, 0) is 11.3 Å². The third-order valence-corrected chi connectivity index (χ3v) is 5.04. The molecule has 1 amide bonds. The van der Waals surface area contributed by atoms with E-state index in [0.717, 1.165) is 22.4 Å². The zero-order valence-corrected chi connectivity index (χ0v) is 15.9. The molecule has 0 radical (unpaired) electrons. The van der Waals surface area contributed by atoms with Gasteiger partial charge in [0.05, 0.1) is 38.1 Å². The Morgan fingerprint density at radius 1 is 1.30 bits per heavy atom. The monoisotopic (exact) mass is 368 g/mol. The first-order valence-electron chi connectivity index (χ1n) is 9.26. The van der Waals surface area contributed by atoms with Gasteiger partial charge in [0.1, 0.15) is 5.69 Å². The van der Waals surface area contributed by atoms with Crippen molar-refractivity contribution in [3.8, 4) is 5.88 Å². The number of pyridine rings is 1. The largest absolute Gasteiger partial charge is 0.480 e. The van der Waals surface area contributed by atoms with E-state index in [9.17, 15) is 4.79 Å². The molecule has 2 aromatic heterocycles. The third kappa shape index (κ3) is 3.12. The molecular formula is C20H24N4O3. The van der Waals surface area contributed by atoms with E-state index in [2.05, 4.69) is 18.8 Å². The van der Waals surface area contributed by atoms with Gasteiger partial charge < -0.3 is 18.9 Å². The Morgan fingerprint density at radius 3 is 2.78 bits per heavy atom. The summed E-state index contributed by atoms with van der Waals surface area (Å²) in [5.41, 5.74) is 4.46. The molecule has 0 atom stereocenters. The van der Waals surface area contributed by atoms with Crippen molar-refractivity contribution in [2.75, 3.05) is 33.4 Å². The zero-order chi connectivity index (χ0) is 19.0. The fourth-order valence-corrected chi connectivity index (χ4v) is 3.63. The van der Waals surface area contributed by atoms with Crippen LogP contribution in [0.1, 0.15) is 47.1 Å². The molecule has 7 heteroatoms. The number of aliphatic imine (C=N–C) groups is 1. The number of ether oxygens (including phenoxy) is 2. The van der Waals surface area contributed by atoms with Crippen LogP contribution < -0.4 is 4.74 Å². The van der Waals surface area contributed by atoms with E-state index >= 15 is 0 Å². The number of fused-ring (bicyclic) bond motifs is 1. The van der Waals surface area contributed by atoms with Crippen molar-refractivity contribution < 1.29 is 14.3 Å². The predicted octanol–water partition coefficient (Wildman–Crippen LogP) is 2.30. The minimum atomic E-state index is 0.0372. The van der Waals surface area contributed by atoms with Crippen LogP contribution in [0.4, 0.5) is 0 Å². The van der Waals surface area contributed by atoms with Gasteiger partial charge in [0.15, 0.2) is 0 Å². The van der Waals surface area contributed by atoms with E-state index in [1.54, 1.807) is 13.3 Å². The number of amides is 1. The molecular weight excluding hydrogens is 344 g/mol. The summed E-state index contributed by atoms with van der Waals surface area (Å²) in [5.74, 6) is 0.609. The normalized spacial score (nSPS) is 16.4. The highest BCUT2D eigenvalue weighted by Gasteiger charge is 2.28. The maximum Gasteiger partial charge on any atom is 0.270 e. The van der Waals surface area contributed by atoms with Gasteiger partial charge in [-0.1, -0.05) is 0 Å². The van der Waals surface area contributed by atoms with Gasteiger partial charge in [-0.15, -0.1) is 0 Å². The third-order valence-electron chi connectivity index (χ3n) is 5.04. The smallest absolute Gasteiger partial charge is 0.270 e. The number of carbonyl (C=O) groups excluding carboxylic acids is 1. The van der Waals surface area contributed by atoms with Crippen LogP contribution in [0.3, 0.4) is 0 Å². The highest BCUT2D eigenvalue weighted by Crippen LogP contribution is 2.30. The van der Waals surface area contributed by atoms with E-state index in [4.69, 9.17) is 14.5 Å². The molecule has 0 spiro atoms. The van der Waals surface area contributed by atoms with E-state index in [1.165, 1.54) is 0 Å². The lowest BCUT2D eigenvalue weighted by Crippen LogP contribution is -2.41. The maximum absolute atomic E-state index is 13.1. The minimum Gasteiger partial charge on any atom is -0.480 e. The number of rotatable bonds is 4.